The third-order valence-electron chi connectivity index (χ3n) is 4.63. The van der Waals surface area contributed by atoms with Crippen molar-refractivity contribution in [1.29, 1.82) is 0 Å². The molecule has 0 saturated carbocycles. The second-order valence-corrected chi connectivity index (χ2v) is 6.58. The standard InChI is InChI=1S/C20H18N4O6/c1-10-13(18(28)23(9-15(25)26)20(30)16(10)17(21)27)8-14-11(2)22-24(19(14)29)12-6-4-3-5-7-12/h3-8,30H,9H2,1-2H3,(H2,21,27)(H,25,26). The van der Waals surface area contributed by atoms with Crippen LogP contribution in [0.15, 0.2) is 45.8 Å². The molecule has 1 aliphatic heterocycles. The lowest BCUT2D eigenvalue weighted by atomic mass is 10.00. The number of hydrogen-bond donors (Lipinski definition) is 3. The molecular formula is C20H18N4O6. The van der Waals surface area contributed by atoms with Gasteiger partial charge in [-0.05, 0) is 37.6 Å². The first-order chi connectivity index (χ1) is 14.1. The summed E-state index contributed by atoms with van der Waals surface area (Å²) in [5.74, 6) is -3.80. The highest BCUT2D eigenvalue weighted by molar-refractivity contribution is 6.32. The van der Waals surface area contributed by atoms with Crippen LogP contribution in [-0.2, 0) is 16.1 Å². The van der Waals surface area contributed by atoms with Crippen LogP contribution >= 0.6 is 0 Å². The highest BCUT2D eigenvalue weighted by Gasteiger charge is 2.30. The molecule has 1 aliphatic rings. The first kappa shape index (κ1) is 20.5. The smallest absolute Gasteiger partial charge is 0.323 e. The fraction of sp³-hybridized carbons (Fsp3) is 0.150. The zero-order valence-electron chi connectivity index (χ0n) is 16.1. The van der Waals surface area contributed by atoms with Gasteiger partial charge in [0.2, 0.25) is 5.88 Å². The molecule has 2 amide bonds. The van der Waals surface area contributed by atoms with Crippen molar-refractivity contribution in [3.8, 4) is 5.88 Å². The minimum absolute atomic E-state index is 0.0258. The Hall–Kier alpha value is -4.21. The number of pyridine rings is 1. The van der Waals surface area contributed by atoms with Crippen LogP contribution in [0.2, 0.25) is 0 Å². The molecule has 10 nitrogen and oxygen atoms in total. The van der Waals surface area contributed by atoms with E-state index in [0.29, 0.717) is 16.0 Å². The average molecular weight is 410 g/mol. The molecule has 10 heteroatoms. The van der Waals surface area contributed by atoms with Gasteiger partial charge in [-0.25, -0.2) is 0 Å². The molecule has 154 valence electrons. The van der Waals surface area contributed by atoms with Crippen molar-refractivity contribution in [2.75, 3.05) is 5.01 Å². The summed E-state index contributed by atoms with van der Waals surface area (Å²) >= 11 is 0. The maximum atomic E-state index is 12.9. The lowest BCUT2D eigenvalue weighted by molar-refractivity contribution is -0.137. The number of aliphatic carboxylic acids is 1. The number of carboxylic acids is 1. The number of carbonyl (C=O) groups is 3. The van der Waals surface area contributed by atoms with Crippen LogP contribution in [-0.4, -0.2) is 38.3 Å². The third-order valence-corrected chi connectivity index (χ3v) is 4.63. The summed E-state index contributed by atoms with van der Waals surface area (Å²) in [5, 5.41) is 24.7. The number of hydrogen-bond acceptors (Lipinski definition) is 6. The zero-order valence-corrected chi connectivity index (χ0v) is 16.1. The Morgan fingerprint density at radius 2 is 1.80 bits per heavy atom. The van der Waals surface area contributed by atoms with Crippen molar-refractivity contribution in [3.63, 3.8) is 0 Å². The van der Waals surface area contributed by atoms with Crippen LogP contribution < -0.4 is 16.3 Å². The highest BCUT2D eigenvalue weighted by atomic mass is 16.4. The highest BCUT2D eigenvalue weighted by Crippen LogP contribution is 2.27. The van der Waals surface area contributed by atoms with Gasteiger partial charge in [-0.3, -0.25) is 23.7 Å². The van der Waals surface area contributed by atoms with Gasteiger partial charge in [0.15, 0.2) is 0 Å². The van der Waals surface area contributed by atoms with Crippen molar-refractivity contribution >= 4 is 35.3 Å². The quantitative estimate of drug-likeness (QED) is 0.621. The number of aromatic hydroxyl groups is 1. The molecule has 2 aromatic rings. The van der Waals surface area contributed by atoms with E-state index in [1.165, 1.54) is 18.0 Å². The summed E-state index contributed by atoms with van der Waals surface area (Å²) in [6.45, 7) is 2.06. The van der Waals surface area contributed by atoms with Crippen molar-refractivity contribution in [2.24, 2.45) is 10.8 Å². The van der Waals surface area contributed by atoms with Gasteiger partial charge >= 0.3 is 5.97 Å². The van der Waals surface area contributed by atoms with Gasteiger partial charge in [-0.2, -0.15) is 10.1 Å². The summed E-state index contributed by atoms with van der Waals surface area (Å²) in [6.07, 6.45) is 1.23. The molecular weight excluding hydrogens is 392 g/mol. The van der Waals surface area contributed by atoms with Crippen LogP contribution in [0.3, 0.4) is 0 Å². The molecule has 3 rings (SSSR count). The summed E-state index contributed by atoms with van der Waals surface area (Å²) in [7, 11) is 0. The zero-order chi connectivity index (χ0) is 22.2. The Labute approximate surface area is 170 Å². The second kappa shape index (κ2) is 7.66. The van der Waals surface area contributed by atoms with E-state index in [-0.39, 0.29) is 16.7 Å². The monoisotopic (exact) mass is 410 g/mol. The molecule has 0 bridgehead atoms. The molecule has 1 aromatic carbocycles. The van der Waals surface area contributed by atoms with Crippen molar-refractivity contribution in [3.05, 3.63) is 62.9 Å². The molecule has 0 radical (unpaired) electrons. The number of anilines is 1. The molecule has 0 fully saturated rings. The normalized spacial score (nSPS) is 14.9. The number of amides is 2. The predicted molar refractivity (Wildman–Crippen MR) is 108 cm³/mol. The Balaban J connectivity index is 2.20. The molecule has 0 aliphatic carbocycles. The fourth-order valence-corrected chi connectivity index (χ4v) is 3.16. The summed E-state index contributed by atoms with van der Waals surface area (Å²) in [4.78, 5) is 48.7. The molecule has 0 atom stereocenters. The van der Waals surface area contributed by atoms with E-state index in [1.54, 1.807) is 37.3 Å². The number of nitrogens with zero attached hydrogens (tertiary/aromatic N) is 3. The van der Waals surface area contributed by atoms with Crippen molar-refractivity contribution in [1.82, 2.24) is 4.57 Å². The number of benzene rings is 1. The Morgan fingerprint density at radius 1 is 1.17 bits per heavy atom. The van der Waals surface area contributed by atoms with Crippen molar-refractivity contribution in [2.45, 2.75) is 20.4 Å². The number of nitrogens with two attached hydrogens (primary N) is 1. The topological polar surface area (TPSA) is 155 Å². The largest absolute Gasteiger partial charge is 0.494 e. The van der Waals surface area contributed by atoms with Gasteiger partial charge in [0, 0.05) is 5.56 Å². The Bertz CT molecular complexity index is 1190. The number of carbonyl (C=O) groups excluding carboxylic acids is 2. The van der Waals surface area contributed by atoms with Gasteiger partial charge in [-0.1, -0.05) is 18.2 Å². The van der Waals surface area contributed by atoms with Gasteiger partial charge in [0.25, 0.3) is 17.4 Å². The van der Waals surface area contributed by atoms with Gasteiger partial charge < -0.3 is 15.9 Å². The number of hydrazone groups is 1. The van der Waals surface area contributed by atoms with E-state index in [9.17, 15) is 24.3 Å². The van der Waals surface area contributed by atoms with Crippen LogP contribution in [0.1, 0.15) is 28.4 Å². The SMILES string of the molecule is CC1=NN(c2ccccc2)C(=O)C1=Cc1c(C)c(C(N)=O)c(O)n(CC(=O)O)c1=O. The van der Waals surface area contributed by atoms with E-state index >= 15 is 0 Å². The van der Waals surface area contributed by atoms with Gasteiger partial charge in [0.1, 0.15) is 12.1 Å². The van der Waals surface area contributed by atoms with E-state index in [4.69, 9.17) is 10.8 Å². The first-order valence-electron chi connectivity index (χ1n) is 8.78. The summed E-state index contributed by atoms with van der Waals surface area (Å²) < 4.78 is 0.517. The van der Waals surface area contributed by atoms with E-state index in [1.807, 2.05) is 0 Å². The van der Waals surface area contributed by atoms with E-state index < -0.39 is 41.3 Å². The molecule has 1 aromatic heterocycles. The number of para-hydroxylation sites is 1. The molecule has 30 heavy (non-hydrogen) atoms. The Morgan fingerprint density at radius 3 is 2.37 bits per heavy atom. The lowest BCUT2D eigenvalue weighted by Gasteiger charge is -2.14. The Kier molecular flexibility index (Phi) is 5.24. The number of carboxylic acid groups (broad SMARTS) is 1. The molecule has 2 heterocycles. The third kappa shape index (κ3) is 3.46. The predicted octanol–water partition coefficient (Wildman–Crippen LogP) is 0.852. The van der Waals surface area contributed by atoms with Gasteiger partial charge in [0.05, 0.1) is 17.0 Å². The van der Waals surface area contributed by atoms with Crippen LogP contribution in [0.5, 0.6) is 5.88 Å². The maximum Gasteiger partial charge on any atom is 0.323 e. The summed E-state index contributed by atoms with van der Waals surface area (Å²) in [5.41, 5.74) is 4.84. The maximum absolute atomic E-state index is 12.9. The lowest BCUT2D eigenvalue weighted by Crippen LogP contribution is -2.30. The number of rotatable bonds is 5. The van der Waals surface area contributed by atoms with Crippen LogP contribution in [0, 0.1) is 6.92 Å². The first-order valence-corrected chi connectivity index (χ1v) is 8.78. The molecule has 4 N–H and O–H groups in total. The van der Waals surface area contributed by atoms with Gasteiger partial charge in [-0.15, -0.1) is 0 Å². The van der Waals surface area contributed by atoms with Crippen molar-refractivity contribution < 1.29 is 24.6 Å². The van der Waals surface area contributed by atoms with Crippen LogP contribution in [0.4, 0.5) is 5.69 Å². The number of primary amides is 1. The number of aromatic nitrogens is 1. The van der Waals surface area contributed by atoms with Crippen LogP contribution in [0.25, 0.3) is 6.08 Å². The minimum Gasteiger partial charge on any atom is -0.494 e. The fourth-order valence-electron chi connectivity index (χ4n) is 3.16. The molecule has 0 spiro atoms. The van der Waals surface area contributed by atoms with E-state index in [0.717, 1.165) is 0 Å². The summed E-state index contributed by atoms with van der Waals surface area (Å²) in [6, 6.07) is 8.64. The molecule has 0 saturated heterocycles. The minimum atomic E-state index is -1.41. The molecule has 0 unspecified atom stereocenters. The van der Waals surface area contributed by atoms with E-state index in [2.05, 4.69) is 5.10 Å². The average Bonchev–Trinajstić information content (AvgIpc) is 2.96. The second-order valence-electron chi connectivity index (χ2n) is 6.58.